The van der Waals surface area contributed by atoms with Crippen LogP contribution < -0.4 is 5.32 Å². The Morgan fingerprint density at radius 2 is 2.16 bits per heavy atom. The van der Waals surface area contributed by atoms with Crippen LogP contribution in [0.15, 0.2) is 24.5 Å². The number of rotatable bonds is 3. The molecule has 0 radical (unpaired) electrons. The minimum absolute atomic E-state index is 0.503. The summed E-state index contributed by atoms with van der Waals surface area (Å²) in [6.45, 7) is 0. The van der Waals surface area contributed by atoms with Crippen molar-refractivity contribution in [2.45, 2.75) is 18.9 Å². The molecule has 0 unspecified atom stereocenters. The van der Waals surface area contributed by atoms with E-state index < -0.39 is 0 Å². The second kappa shape index (κ2) is 5.79. The quantitative estimate of drug-likeness (QED) is 0.943. The molecule has 1 aromatic heterocycles. The number of aromatic nitrogens is 4. The average molecular weight is 296 g/mol. The Morgan fingerprint density at radius 1 is 1.32 bits per heavy atom. The molecule has 100 valence electrons. The van der Waals surface area contributed by atoms with Crippen LogP contribution in [-0.4, -0.2) is 37.8 Å². The van der Waals surface area contributed by atoms with E-state index in [1.54, 1.807) is 11.0 Å². The topological polar surface area (TPSA) is 55.6 Å². The molecular weight excluding hydrogens is 282 g/mol. The minimum Gasteiger partial charge on any atom is -0.381 e. The van der Waals surface area contributed by atoms with Crippen molar-refractivity contribution >= 4 is 29.1 Å². The zero-order valence-electron chi connectivity index (χ0n) is 10.3. The average Bonchev–Trinajstić information content (AvgIpc) is 2.96. The van der Waals surface area contributed by atoms with Gasteiger partial charge in [-0.2, -0.15) is 11.8 Å². The molecule has 0 amide bonds. The molecule has 2 heterocycles. The Hall–Kier alpha value is -1.27. The Labute approximate surface area is 120 Å². The van der Waals surface area contributed by atoms with Crippen LogP contribution in [0, 0.1) is 0 Å². The van der Waals surface area contributed by atoms with Crippen LogP contribution in [0.2, 0.25) is 5.02 Å². The highest BCUT2D eigenvalue weighted by Crippen LogP contribution is 2.28. The van der Waals surface area contributed by atoms with Gasteiger partial charge >= 0.3 is 0 Å². The zero-order chi connectivity index (χ0) is 13.1. The van der Waals surface area contributed by atoms with Crippen LogP contribution in [0.4, 0.5) is 5.69 Å². The van der Waals surface area contributed by atoms with Crippen molar-refractivity contribution in [1.29, 1.82) is 0 Å². The predicted molar refractivity (Wildman–Crippen MR) is 78.1 cm³/mol. The fourth-order valence-electron chi connectivity index (χ4n) is 2.11. The van der Waals surface area contributed by atoms with E-state index in [0.29, 0.717) is 6.04 Å². The molecule has 2 aromatic rings. The molecule has 0 aliphatic carbocycles. The lowest BCUT2D eigenvalue weighted by Gasteiger charge is -2.24. The normalized spacial score (nSPS) is 16.5. The van der Waals surface area contributed by atoms with Gasteiger partial charge in [-0.1, -0.05) is 11.6 Å². The van der Waals surface area contributed by atoms with Crippen LogP contribution >= 0.6 is 23.4 Å². The largest absolute Gasteiger partial charge is 0.381 e. The van der Waals surface area contributed by atoms with Gasteiger partial charge in [-0.3, -0.25) is 0 Å². The zero-order valence-corrected chi connectivity index (χ0v) is 11.9. The maximum Gasteiger partial charge on any atom is 0.143 e. The number of hydrogen-bond donors (Lipinski definition) is 1. The molecule has 7 heteroatoms. The van der Waals surface area contributed by atoms with Crippen LogP contribution in [0.1, 0.15) is 12.8 Å². The van der Waals surface area contributed by atoms with Crippen LogP contribution in [0.3, 0.4) is 0 Å². The van der Waals surface area contributed by atoms with E-state index in [9.17, 15) is 0 Å². The summed E-state index contributed by atoms with van der Waals surface area (Å²) in [6.07, 6.45) is 3.93. The molecule has 1 aromatic carbocycles. The summed E-state index contributed by atoms with van der Waals surface area (Å²) < 4.78 is 1.62. The molecule has 0 saturated carbocycles. The van der Waals surface area contributed by atoms with Crippen molar-refractivity contribution in [3.63, 3.8) is 0 Å². The summed E-state index contributed by atoms with van der Waals surface area (Å²) in [5.74, 6) is 2.42. The third-order valence-electron chi connectivity index (χ3n) is 3.14. The number of nitrogens with one attached hydrogen (secondary N) is 1. The Morgan fingerprint density at radius 3 is 2.89 bits per heavy atom. The summed E-state index contributed by atoms with van der Waals surface area (Å²) in [5, 5.41) is 15.4. The molecule has 19 heavy (non-hydrogen) atoms. The van der Waals surface area contributed by atoms with Gasteiger partial charge in [0, 0.05) is 6.04 Å². The molecule has 0 bridgehead atoms. The third-order valence-corrected chi connectivity index (χ3v) is 4.52. The smallest absolute Gasteiger partial charge is 0.143 e. The van der Waals surface area contributed by atoms with E-state index in [2.05, 4.69) is 20.8 Å². The van der Waals surface area contributed by atoms with E-state index in [4.69, 9.17) is 11.6 Å². The summed E-state index contributed by atoms with van der Waals surface area (Å²) in [4.78, 5) is 0. The maximum atomic E-state index is 6.25. The molecule has 0 atom stereocenters. The van der Waals surface area contributed by atoms with E-state index in [1.165, 1.54) is 24.3 Å². The lowest BCUT2D eigenvalue weighted by atomic mass is 10.1. The van der Waals surface area contributed by atoms with Crippen LogP contribution in [0.25, 0.3) is 5.69 Å². The van der Waals surface area contributed by atoms with Crippen molar-refractivity contribution in [1.82, 2.24) is 20.2 Å². The van der Waals surface area contributed by atoms with E-state index in [-0.39, 0.29) is 0 Å². The molecule has 0 spiro atoms. The number of anilines is 1. The van der Waals surface area contributed by atoms with Crippen molar-refractivity contribution in [2.24, 2.45) is 0 Å². The van der Waals surface area contributed by atoms with Crippen molar-refractivity contribution in [3.05, 3.63) is 29.5 Å². The molecule has 3 rings (SSSR count). The van der Waals surface area contributed by atoms with Gasteiger partial charge in [0.1, 0.15) is 6.33 Å². The summed E-state index contributed by atoms with van der Waals surface area (Å²) in [6, 6.07) is 6.27. The first-order valence-corrected chi connectivity index (χ1v) is 7.73. The molecule has 1 aliphatic heterocycles. The maximum absolute atomic E-state index is 6.25. The monoisotopic (exact) mass is 295 g/mol. The van der Waals surface area contributed by atoms with Crippen molar-refractivity contribution in [3.8, 4) is 5.69 Å². The van der Waals surface area contributed by atoms with Gasteiger partial charge in [-0.05, 0) is 53.0 Å². The molecular formula is C12H14ClN5S. The Bertz CT molecular complexity index is 539. The van der Waals surface area contributed by atoms with Crippen LogP contribution in [-0.2, 0) is 0 Å². The lowest BCUT2D eigenvalue weighted by molar-refractivity contribution is 0.666. The van der Waals surface area contributed by atoms with Gasteiger partial charge in [0.05, 0.1) is 16.4 Å². The highest BCUT2D eigenvalue weighted by molar-refractivity contribution is 7.99. The van der Waals surface area contributed by atoms with Crippen LogP contribution in [0.5, 0.6) is 0 Å². The number of nitrogens with zero attached hydrogens (tertiary/aromatic N) is 4. The number of halogens is 1. The minimum atomic E-state index is 0.503. The first-order chi connectivity index (χ1) is 9.33. The molecule has 1 N–H and O–H groups in total. The van der Waals surface area contributed by atoms with E-state index in [1.807, 2.05) is 30.0 Å². The third kappa shape index (κ3) is 3.01. The van der Waals surface area contributed by atoms with E-state index >= 15 is 0 Å². The second-order valence-corrected chi connectivity index (χ2v) is 6.08. The number of thioether (sulfide) groups is 1. The number of benzene rings is 1. The Kier molecular flexibility index (Phi) is 3.89. The van der Waals surface area contributed by atoms with Crippen molar-refractivity contribution in [2.75, 3.05) is 16.8 Å². The second-order valence-electron chi connectivity index (χ2n) is 4.45. The number of tetrazole rings is 1. The van der Waals surface area contributed by atoms with Gasteiger partial charge in [0.15, 0.2) is 0 Å². The molecule has 1 aliphatic rings. The lowest BCUT2D eigenvalue weighted by Crippen LogP contribution is -2.24. The summed E-state index contributed by atoms with van der Waals surface area (Å²) >= 11 is 8.26. The standard InChI is InChI=1S/C12H14ClN5S/c13-11-2-1-10(18-8-14-16-17-18)7-12(11)15-9-3-5-19-6-4-9/h1-2,7-9,15H,3-6H2. The molecule has 5 nitrogen and oxygen atoms in total. The molecule has 1 fully saturated rings. The summed E-state index contributed by atoms with van der Waals surface area (Å²) in [5.41, 5.74) is 1.86. The van der Waals surface area contributed by atoms with E-state index in [0.717, 1.165) is 16.4 Å². The van der Waals surface area contributed by atoms with Gasteiger partial charge in [-0.25, -0.2) is 4.68 Å². The highest BCUT2D eigenvalue weighted by atomic mass is 35.5. The van der Waals surface area contributed by atoms with Gasteiger partial charge in [0.2, 0.25) is 0 Å². The number of hydrogen-bond acceptors (Lipinski definition) is 5. The van der Waals surface area contributed by atoms with Gasteiger partial charge in [-0.15, -0.1) is 5.10 Å². The summed E-state index contributed by atoms with van der Waals surface area (Å²) in [7, 11) is 0. The fraction of sp³-hybridized carbons (Fsp3) is 0.417. The first kappa shape index (κ1) is 12.7. The molecule has 1 saturated heterocycles. The SMILES string of the molecule is Clc1ccc(-n2cnnn2)cc1NC1CCSCC1. The highest BCUT2D eigenvalue weighted by Gasteiger charge is 2.15. The van der Waals surface area contributed by atoms with Crippen molar-refractivity contribution < 1.29 is 0 Å². The Balaban J connectivity index is 1.81. The fourth-order valence-corrected chi connectivity index (χ4v) is 3.39. The predicted octanol–water partition coefficient (Wildman–Crippen LogP) is 2.62. The first-order valence-electron chi connectivity index (χ1n) is 6.20. The van der Waals surface area contributed by atoms with Gasteiger partial charge in [0.25, 0.3) is 0 Å². The van der Waals surface area contributed by atoms with Gasteiger partial charge < -0.3 is 5.32 Å².